The molecule has 0 radical (unpaired) electrons. The van der Waals surface area contributed by atoms with E-state index in [0.717, 1.165) is 10.6 Å². The van der Waals surface area contributed by atoms with E-state index in [1.54, 1.807) is 17.6 Å². The molecule has 3 rings (SSSR count). The van der Waals surface area contributed by atoms with Gasteiger partial charge in [-0.2, -0.15) is 5.10 Å². The topological polar surface area (TPSA) is 39.7 Å². The molecule has 0 saturated carbocycles. The Balaban J connectivity index is 1.57. The van der Waals surface area contributed by atoms with E-state index in [9.17, 15) is 0 Å². The first-order chi connectivity index (χ1) is 12.6. The second kappa shape index (κ2) is 8.60. The van der Waals surface area contributed by atoms with E-state index in [2.05, 4.69) is 57.1 Å². The molecule has 3 aromatic rings. The van der Waals surface area contributed by atoms with E-state index >= 15 is 0 Å². The van der Waals surface area contributed by atoms with Crippen LogP contribution < -0.4 is 15.6 Å². The van der Waals surface area contributed by atoms with Crippen LogP contribution in [-0.4, -0.2) is 25.4 Å². The molecule has 0 amide bonds. The average Bonchev–Trinajstić information content (AvgIpc) is 3.11. The Labute approximate surface area is 163 Å². The molecule has 1 aromatic heterocycles. The van der Waals surface area contributed by atoms with Gasteiger partial charge >= 0.3 is 0 Å². The van der Waals surface area contributed by atoms with Gasteiger partial charge < -0.3 is 10.2 Å². The van der Waals surface area contributed by atoms with Crippen LogP contribution in [0.2, 0.25) is 0 Å². The molecular formula is C20H20N4S2. The number of thiocarbonyl (C=S) groups is 1. The van der Waals surface area contributed by atoms with E-state index in [0.29, 0.717) is 5.11 Å². The molecule has 0 aliphatic heterocycles. The molecule has 0 atom stereocenters. The molecule has 2 aromatic carbocycles. The van der Waals surface area contributed by atoms with Gasteiger partial charge in [-0.1, -0.05) is 30.3 Å². The molecule has 0 saturated heterocycles. The summed E-state index contributed by atoms with van der Waals surface area (Å²) in [6.45, 7) is 0. The minimum atomic E-state index is 0.462. The molecule has 0 aliphatic rings. The lowest BCUT2D eigenvalue weighted by Gasteiger charge is -2.12. The van der Waals surface area contributed by atoms with Crippen LogP contribution in [0.5, 0.6) is 0 Å². The number of anilines is 2. The summed E-state index contributed by atoms with van der Waals surface area (Å²) in [5.41, 5.74) is 6.16. The zero-order valence-corrected chi connectivity index (χ0v) is 16.3. The van der Waals surface area contributed by atoms with Crippen LogP contribution in [0.15, 0.2) is 71.8 Å². The van der Waals surface area contributed by atoms with Crippen molar-refractivity contribution in [2.45, 2.75) is 0 Å². The molecule has 0 unspecified atom stereocenters. The average molecular weight is 381 g/mol. The molecule has 0 bridgehead atoms. The van der Waals surface area contributed by atoms with Gasteiger partial charge in [0.15, 0.2) is 5.11 Å². The number of rotatable bonds is 5. The number of nitrogens with one attached hydrogen (secondary N) is 2. The fraction of sp³-hybridized carbons (Fsp3) is 0.100. The summed E-state index contributed by atoms with van der Waals surface area (Å²) in [5, 5.41) is 7.75. The molecule has 26 heavy (non-hydrogen) atoms. The van der Waals surface area contributed by atoms with Crippen molar-refractivity contribution in [2.24, 2.45) is 5.10 Å². The summed E-state index contributed by atoms with van der Waals surface area (Å²) in [6, 6.07) is 22.4. The van der Waals surface area contributed by atoms with E-state index in [-0.39, 0.29) is 0 Å². The lowest BCUT2D eigenvalue weighted by atomic mass is 10.1. The molecule has 1 heterocycles. The van der Waals surface area contributed by atoms with Gasteiger partial charge in [0.2, 0.25) is 0 Å². The second-order valence-electron chi connectivity index (χ2n) is 5.83. The Bertz CT molecular complexity index is 884. The normalized spacial score (nSPS) is 10.7. The first kappa shape index (κ1) is 18.1. The highest BCUT2D eigenvalue weighted by Gasteiger charge is 2.03. The van der Waals surface area contributed by atoms with Crippen molar-refractivity contribution in [1.82, 2.24) is 5.43 Å². The molecule has 132 valence electrons. The van der Waals surface area contributed by atoms with Crippen LogP contribution in [0, 0.1) is 0 Å². The summed E-state index contributed by atoms with van der Waals surface area (Å²) in [5.74, 6) is 0. The molecule has 0 aliphatic carbocycles. The van der Waals surface area contributed by atoms with Crippen LogP contribution in [-0.2, 0) is 0 Å². The Kier molecular flexibility index (Phi) is 5.99. The van der Waals surface area contributed by atoms with Crippen LogP contribution in [0.3, 0.4) is 0 Å². The second-order valence-corrected chi connectivity index (χ2v) is 7.36. The van der Waals surface area contributed by atoms with Crippen molar-refractivity contribution in [3.8, 4) is 10.4 Å². The van der Waals surface area contributed by atoms with Gasteiger partial charge in [-0.25, -0.2) is 0 Å². The smallest absolute Gasteiger partial charge is 0.191 e. The van der Waals surface area contributed by atoms with Crippen molar-refractivity contribution < 1.29 is 0 Å². The summed E-state index contributed by atoms with van der Waals surface area (Å²) in [4.78, 5) is 4.36. The van der Waals surface area contributed by atoms with Crippen LogP contribution >= 0.6 is 23.6 Å². The number of hydrogen-bond donors (Lipinski definition) is 2. The van der Waals surface area contributed by atoms with Crippen molar-refractivity contribution >= 4 is 46.3 Å². The quantitative estimate of drug-likeness (QED) is 0.379. The Morgan fingerprint density at radius 1 is 1.00 bits per heavy atom. The monoisotopic (exact) mass is 380 g/mol. The van der Waals surface area contributed by atoms with E-state index in [1.807, 2.05) is 44.4 Å². The number of thiophene rings is 1. The van der Waals surface area contributed by atoms with E-state index < -0.39 is 0 Å². The standard InChI is InChI=1S/C20H20N4S2/c1-24(2)17-10-8-15(9-11-17)19-13-12-18(26-19)14-21-23-20(25)22-16-6-4-3-5-7-16/h3-14H,1-2H3,(H2,22,23,25)/b21-14+. The van der Waals surface area contributed by atoms with Crippen molar-refractivity contribution in [3.63, 3.8) is 0 Å². The minimum absolute atomic E-state index is 0.462. The van der Waals surface area contributed by atoms with Crippen LogP contribution in [0.1, 0.15) is 4.88 Å². The fourth-order valence-electron chi connectivity index (χ4n) is 2.34. The number of para-hydroxylation sites is 1. The molecule has 2 N–H and O–H groups in total. The van der Waals surface area contributed by atoms with Gasteiger partial charge in [0.1, 0.15) is 0 Å². The molecular weight excluding hydrogens is 360 g/mol. The highest BCUT2D eigenvalue weighted by molar-refractivity contribution is 7.80. The summed E-state index contributed by atoms with van der Waals surface area (Å²) >= 11 is 6.92. The maximum absolute atomic E-state index is 5.23. The number of benzene rings is 2. The van der Waals surface area contributed by atoms with Crippen molar-refractivity contribution in [2.75, 3.05) is 24.3 Å². The highest BCUT2D eigenvalue weighted by Crippen LogP contribution is 2.28. The molecule has 0 fully saturated rings. The fourth-order valence-corrected chi connectivity index (χ4v) is 3.39. The Morgan fingerprint density at radius 2 is 1.73 bits per heavy atom. The van der Waals surface area contributed by atoms with Gasteiger partial charge in [0.25, 0.3) is 0 Å². The van der Waals surface area contributed by atoms with Gasteiger partial charge in [0.05, 0.1) is 6.21 Å². The number of hydrogen-bond acceptors (Lipinski definition) is 4. The number of hydrazone groups is 1. The first-order valence-electron chi connectivity index (χ1n) is 8.14. The van der Waals surface area contributed by atoms with Gasteiger partial charge in [0, 0.05) is 35.2 Å². The third-order valence-corrected chi connectivity index (χ3v) is 4.95. The lowest BCUT2D eigenvalue weighted by Crippen LogP contribution is -2.23. The van der Waals surface area contributed by atoms with E-state index in [1.165, 1.54) is 16.1 Å². The Hall–Kier alpha value is -2.70. The number of nitrogens with zero attached hydrogens (tertiary/aromatic N) is 2. The Morgan fingerprint density at radius 3 is 2.42 bits per heavy atom. The van der Waals surface area contributed by atoms with Gasteiger partial charge in [-0.3, -0.25) is 5.43 Å². The van der Waals surface area contributed by atoms with Crippen LogP contribution in [0.4, 0.5) is 11.4 Å². The van der Waals surface area contributed by atoms with Gasteiger partial charge in [-0.15, -0.1) is 11.3 Å². The SMILES string of the molecule is CN(C)c1ccc(-c2ccc(/C=N/NC(=S)Nc3ccccc3)s2)cc1. The summed E-state index contributed by atoms with van der Waals surface area (Å²) in [7, 11) is 4.08. The minimum Gasteiger partial charge on any atom is -0.378 e. The third-order valence-electron chi connectivity index (χ3n) is 3.68. The highest BCUT2D eigenvalue weighted by atomic mass is 32.1. The van der Waals surface area contributed by atoms with Crippen molar-refractivity contribution in [1.29, 1.82) is 0 Å². The maximum Gasteiger partial charge on any atom is 0.191 e. The first-order valence-corrected chi connectivity index (χ1v) is 9.37. The van der Waals surface area contributed by atoms with Crippen molar-refractivity contribution in [3.05, 3.63) is 71.6 Å². The van der Waals surface area contributed by atoms with E-state index in [4.69, 9.17) is 12.2 Å². The van der Waals surface area contributed by atoms with Crippen LogP contribution in [0.25, 0.3) is 10.4 Å². The molecule has 6 heteroatoms. The lowest BCUT2D eigenvalue weighted by molar-refractivity contribution is 1.05. The molecule has 0 spiro atoms. The predicted octanol–water partition coefficient (Wildman–Crippen LogP) is 4.80. The largest absolute Gasteiger partial charge is 0.378 e. The predicted molar refractivity (Wildman–Crippen MR) is 117 cm³/mol. The zero-order chi connectivity index (χ0) is 18.4. The maximum atomic E-state index is 5.23. The summed E-state index contributed by atoms with van der Waals surface area (Å²) in [6.07, 6.45) is 1.78. The third kappa shape index (κ3) is 4.91. The molecule has 4 nitrogen and oxygen atoms in total. The van der Waals surface area contributed by atoms with Gasteiger partial charge in [-0.05, 0) is 54.2 Å². The summed E-state index contributed by atoms with van der Waals surface area (Å²) < 4.78 is 0. The zero-order valence-electron chi connectivity index (χ0n) is 14.6.